The Morgan fingerprint density at radius 2 is 1.93 bits per heavy atom. The Hall–Kier alpha value is -3.37. The number of aryl methyl sites for hydroxylation is 1. The quantitative estimate of drug-likeness (QED) is 0.551. The van der Waals surface area contributed by atoms with Gasteiger partial charge in [0.2, 0.25) is 10.0 Å². The summed E-state index contributed by atoms with van der Waals surface area (Å²) in [6.45, 7) is 3.59. The minimum atomic E-state index is -3.89. The molecule has 0 spiro atoms. The number of rotatable bonds is 7. The number of nitrogens with one attached hydrogen (secondary N) is 1. The molecular formula is C20H21N3O6S. The van der Waals surface area contributed by atoms with Crippen LogP contribution >= 0.6 is 0 Å². The third kappa shape index (κ3) is 4.97. The highest BCUT2D eigenvalue weighted by Crippen LogP contribution is 2.19. The standard InChI is InChI=1S/C20H21N3O6S/c1-13-9-18(14(2)23(13)11-16-6-4-8-28-16)20(25)29-12-19(24)22-15-5-3-7-17(10-15)30(21,26)27/h3-10H,11-12H2,1-2H3,(H,22,24)(H2,21,26,27). The van der Waals surface area contributed by atoms with Gasteiger partial charge >= 0.3 is 5.97 Å². The van der Waals surface area contributed by atoms with Crippen molar-refractivity contribution in [3.05, 3.63) is 71.4 Å². The van der Waals surface area contributed by atoms with Crippen molar-refractivity contribution < 1.29 is 27.2 Å². The summed E-state index contributed by atoms with van der Waals surface area (Å²) in [5.41, 5.74) is 2.11. The number of carbonyl (C=O) groups excluding carboxylic acids is 2. The van der Waals surface area contributed by atoms with Crippen molar-refractivity contribution in [1.29, 1.82) is 0 Å². The molecule has 0 aliphatic heterocycles. The molecule has 0 bridgehead atoms. The Morgan fingerprint density at radius 1 is 1.17 bits per heavy atom. The number of nitrogens with two attached hydrogens (primary N) is 1. The van der Waals surface area contributed by atoms with Gasteiger partial charge in [-0.2, -0.15) is 0 Å². The number of furan rings is 1. The summed E-state index contributed by atoms with van der Waals surface area (Å²) in [7, 11) is -3.89. The van der Waals surface area contributed by atoms with Crippen molar-refractivity contribution in [2.45, 2.75) is 25.3 Å². The summed E-state index contributed by atoms with van der Waals surface area (Å²) in [4.78, 5) is 24.4. The van der Waals surface area contributed by atoms with Crippen molar-refractivity contribution >= 4 is 27.6 Å². The summed E-state index contributed by atoms with van der Waals surface area (Å²) in [5.74, 6) is -0.501. The van der Waals surface area contributed by atoms with Gasteiger partial charge in [0.15, 0.2) is 6.61 Å². The van der Waals surface area contributed by atoms with Gasteiger partial charge in [0.05, 0.1) is 23.3 Å². The largest absolute Gasteiger partial charge is 0.467 e. The Bertz CT molecular complexity index is 1180. The molecule has 3 N–H and O–H groups in total. The van der Waals surface area contributed by atoms with E-state index in [0.717, 1.165) is 11.5 Å². The van der Waals surface area contributed by atoms with E-state index in [2.05, 4.69) is 5.32 Å². The van der Waals surface area contributed by atoms with E-state index >= 15 is 0 Å². The highest BCUT2D eigenvalue weighted by atomic mass is 32.2. The number of nitrogens with zero attached hydrogens (tertiary/aromatic N) is 1. The van der Waals surface area contributed by atoms with Gasteiger partial charge < -0.3 is 19.0 Å². The molecule has 30 heavy (non-hydrogen) atoms. The molecule has 0 aliphatic carbocycles. The molecule has 10 heteroatoms. The molecule has 0 unspecified atom stereocenters. The van der Waals surface area contributed by atoms with Gasteiger partial charge in [-0.3, -0.25) is 4.79 Å². The lowest BCUT2D eigenvalue weighted by Gasteiger charge is -2.09. The Balaban J connectivity index is 1.62. The van der Waals surface area contributed by atoms with Gasteiger partial charge in [-0.15, -0.1) is 0 Å². The van der Waals surface area contributed by atoms with Crippen LogP contribution in [-0.2, 0) is 26.1 Å². The van der Waals surface area contributed by atoms with Gasteiger partial charge in [0, 0.05) is 17.1 Å². The zero-order valence-electron chi connectivity index (χ0n) is 16.4. The van der Waals surface area contributed by atoms with E-state index in [1.54, 1.807) is 25.3 Å². The number of carbonyl (C=O) groups is 2. The minimum Gasteiger partial charge on any atom is -0.467 e. The van der Waals surface area contributed by atoms with Crippen molar-refractivity contribution in [2.24, 2.45) is 5.14 Å². The maximum Gasteiger partial charge on any atom is 0.340 e. The summed E-state index contributed by atoms with van der Waals surface area (Å²) in [6, 6.07) is 10.8. The van der Waals surface area contributed by atoms with Crippen molar-refractivity contribution in [1.82, 2.24) is 4.57 Å². The molecule has 158 valence electrons. The van der Waals surface area contributed by atoms with Gasteiger partial charge in [-0.25, -0.2) is 18.4 Å². The lowest BCUT2D eigenvalue weighted by Crippen LogP contribution is -2.21. The summed E-state index contributed by atoms with van der Waals surface area (Å²) in [6.07, 6.45) is 1.58. The number of ether oxygens (including phenoxy) is 1. The fourth-order valence-electron chi connectivity index (χ4n) is 2.97. The molecule has 2 aromatic heterocycles. The van der Waals surface area contributed by atoms with Crippen molar-refractivity contribution in [3.8, 4) is 0 Å². The normalized spacial score (nSPS) is 11.3. The Morgan fingerprint density at radius 3 is 2.60 bits per heavy atom. The first kappa shape index (κ1) is 21.3. The van der Waals surface area contributed by atoms with Gasteiger partial charge in [0.1, 0.15) is 5.76 Å². The van der Waals surface area contributed by atoms with Gasteiger partial charge in [0.25, 0.3) is 5.91 Å². The van der Waals surface area contributed by atoms with Gasteiger partial charge in [-0.1, -0.05) is 6.07 Å². The number of aromatic nitrogens is 1. The highest BCUT2D eigenvalue weighted by molar-refractivity contribution is 7.89. The number of hydrogen-bond acceptors (Lipinski definition) is 6. The number of anilines is 1. The highest BCUT2D eigenvalue weighted by Gasteiger charge is 2.19. The molecule has 0 radical (unpaired) electrons. The monoisotopic (exact) mass is 431 g/mol. The SMILES string of the molecule is Cc1cc(C(=O)OCC(=O)Nc2cccc(S(N)(=O)=O)c2)c(C)n1Cc1ccco1. The molecule has 3 rings (SSSR count). The van der Waals surface area contributed by atoms with Crippen LogP contribution in [0.4, 0.5) is 5.69 Å². The number of amides is 1. The molecule has 0 aliphatic rings. The van der Waals surface area contributed by atoms with E-state index in [4.69, 9.17) is 14.3 Å². The number of primary sulfonamides is 1. The van der Waals surface area contributed by atoms with Crippen molar-refractivity contribution in [3.63, 3.8) is 0 Å². The van der Waals surface area contributed by atoms with Crippen LogP contribution in [0.5, 0.6) is 0 Å². The van der Waals surface area contributed by atoms with Crippen LogP contribution in [0.2, 0.25) is 0 Å². The molecular weight excluding hydrogens is 410 g/mol. The molecule has 0 saturated heterocycles. The van der Waals surface area contributed by atoms with Crippen LogP contribution < -0.4 is 10.5 Å². The second-order valence-corrected chi connectivity index (χ2v) is 8.21. The van der Waals surface area contributed by atoms with Crippen molar-refractivity contribution in [2.75, 3.05) is 11.9 Å². The second-order valence-electron chi connectivity index (χ2n) is 6.65. The third-order valence-corrected chi connectivity index (χ3v) is 5.38. The Labute approximate surface area is 173 Å². The van der Waals surface area contributed by atoms with Crippen LogP contribution in [-0.4, -0.2) is 31.5 Å². The smallest absolute Gasteiger partial charge is 0.340 e. The second kappa shape index (κ2) is 8.56. The molecule has 3 aromatic rings. The predicted octanol–water partition coefficient (Wildman–Crippen LogP) is 2.19. The molecule has 0 saturated carbocycles. The van der Waals surface area contributed by atoms with Crippen LogP contribution in [0, 0.1) is 13.8 Å². The number of sulfonamides is 1. The van der Waals surface area contributed by atoms with E-state index in [9.17, 15) is 18.0 Å². The molecule has 0 fully saturated rings. The first-order valence-electron chi connectivity index (χ1n) is 8.94. The fourth-order valence-corrected chi connectivity index (χ4v) is 3.53. The average Bonchev–Trinajstić information content (AvgIpc) is 3.29. The maximum absolute atomic E-state index is 12.4. The Kier molecular flexibility index (Phi) is 6.09. The zero-order chi connectivity index (χ0) is 21.9. The zero-order valence-corrected chi connectivity index (χ0v) is 17.2. The first-order chi connectivity index (χ1) is 14.1. The number of benzene rings is 1. The number of hydrogen-bond donors (Lipinski definition) is 2. The molecule has 0 atom stereocenters. The molecule has 2 heterocycles. The van der Waals surface area contributed by atoms with E-state index in [1.165, 1.54) is 24.3 Å². The topological polar surface area (TPSA) is 134 Å². The predicted molar refractivity (Wildman–Crippen MR) is 108 cm³/mol. The van der Waals surface area contributed by atoms with E-state index in [1.807, 2.05) is 17.6 Å². The van der Waals surface area contributed by atoms with Crippen LogP contribution in [0.3, 0.4) is 0 Å². The summed E-state index contributed by atoms with van der Waals surface area (Å²) in [5, 5.41) is 7.54. The number of esters is 1. The van der Waals surface area contributed by atoms with E-state index < -0.39 is 28.5 Å². The van der Waals surface area contributed by atoms with Gasteiger partial charge in [-0.05, 0) is 50.2 Å². The van der Waals surface area contributed by atoms with E-state index in [-0.39, 0.29) is 10.6 Å². The molecule has 9 nitrogen and oxygen atoms in total. The molecule has 1 amide bonds. The van der Waals surface area contributed by atoms with Crippen LogP contribution in [0.1, 0.15) is 27.5 Å². The lowest BCUT2D eigenvalue weighted by atomic mass is 10.2. The summed E-state index contributed by atoms with van der Waals surface area (Å²) >= 11 is 0. The van der Waals surface area contributed by atoms with Crippen LogP contribution in [0.15, 0.2) is 58.0 Å². The van der Waals surface area contributed by atoms with Crippen LogP contribution in [0.25, 0.3) is 0 Å². The minimum absolute atomic E-state index is 0.138. The average molecular weight is 431 g/mol. The third-order valence-electron chi connectivity index (χ3n) is 4.47. The van der Waals surface area contributed by atoms with E-state index in [0.29, 0.717) is 17.8 Å². The first-order valence-corrected chi connectivity index (χ1v) is 10.5. The lowest BCUT2D eigenvalue weighted by molar-refractivity contribution is -0.119. The fraction of sp³-hybridized carbons (Fsp3) is 0.200. The molecule has 1 aromatic carbocycles. The summed E-state index contributed by atoms with van der Waals surface area (Å²) < 4.78 is 35.2. The maximum atomic E-state index is 12.4.